The zero-order valence-corrected chi connectivity index (χ0v) is 13.3. The molecule has 6 heteroatoms. The molecule has 0 aliphatic carbocycles. The van der Waals surface area contributed by atoms with Crippen LogP contribution in [-0.4, -0.2) is 31.7 Å². The normalized spacial score (nSPS) is 17.6. The van der Waals surface area contributed by atoms with Crippen molar-refractivity contribution in [2.45, 2.75) is 25.8 Å². The number of hydrogen-bond donors (Lipinski definition) is 0. The summed E-state index contributed by atoms with van der Waals surface area (Å²) in [5.41, 5.74) is 2.71. The Morgan fingerprint density at radius 1 is 1.21 bits per heavy atom. The molecule has 3 aromatic rings. The van der Waals surface area contributed by atoms with Crippen molar-refractivity contribution < 1.29 is 9.18 Å². The first-order valence-electron chi connectivity index (χ1n) is 8.00. The van der Waals surface area contributed by atoms with Crippen LogP contribution in [0.25, 0.3) is 17.0 Å². The molecule has 0 spiro atoms. The number of fused-ring (bicyclic) bond motifs is 1. The Morgan fingerprint density at radius 2 is 2.00 bits per heavy atom. The summed E-state index contributed by atoms with van der Waals surface area (Å²) in [5.74, 6) is 0.387. The average molecular weight is 324 g/mol. The molecule has 5 nitrogen and oxygen atoms in total. The van der Waals surface area contributed by atoms with E-state index in [2.05, 4.69) is 9.97 Å². The molecule has 24 heavy (non-hydrogen) atoms. The van der Waals surface area contributed by atoms with Crippen molar-refractivity contribution in [3.05, 3.63) is 54.2 Å². The molecule has 2 aromatic heterocycles. The Labute approximate surface area is 138 Å². The van der Waals surface area contributed by atoms with Crippen molar-refractivity contribution in [1.29, 1.82) is 0 Å². The second kappa shape index (κ2) is 5.70. The molecule has 0 unspecified atom stereocenters. The summed E-state index contributed by atoms with van der Waals surface area (Å²) < 4.78 is 15.2. The molecular weight excluding hydrogens is 307 g/mol. The average Bonchev–Trinajstić information content (AvgIpc) is 3.22. The number of likely N-dealkylation sites (tertiary alicyclic amines) is 1. The van der Waals surface area contributed by atoms with Crippen LogP contribution in [0.1, 0.15) is 31.5 Å². The number of aromatic nitrogens is 3. The predicted octanol–water partition coefficient (Wildman–Crippen LogP) is 3.22. The van der Waals surface area contributed by atoms with Crippen molar-refractivity contribution in [2.24, 2.45) is 0 Å². The van der Waals surface area contributed by atoms with Crippen LogP contribution in [0, 0.1) is 5.82 Å². The summed E-state index contributed by atoms with van der Waals surface area (Å²) in [7, 11) is 0. The van der Waals surface area contributed by atoms with Gasteiger partial charge in [-0.2, -0.15) is 0 Å². The molecule has 0 saturated carbocycles. The maximum absolute atomic E-state index is 13.2. The summed E-state index contributed by atoms with van der Waals surface area (Å²) in [4.78, 5) is 22.5. The van der Waals surface area contributed by atoms with E-state index < -0.39 is 0 Å². The molecule has 1 aromatic carbocycles. The van der Waals surface area contributed by atoms with Gasteiger partial charge in [-0.1, -0.05) is 0 Å². The van der Waals surface area contributed by atoms with Gasteiger partial charge in [0.2, 0.25) is 11.7 Å². The molecular formula is C18H17FN4O. The summed E-state index contributed by atoms with van der Waals surface area (Å²) in [6.45, 7) is 2.37. The smallest absolute Gasteiger partial charge is 0.234 e. The standard InChI is InChI=1S/C18H17FN4O/c1-12(24)22-10-2-3-15(22)16-8-9-20-18-21-11-17(23(16)18)13-4-6-14(19)7-5-13/h4-9,11,15H,2-3,10H2,1H3/t15-/m1/s1. The first kappa shape index (κ1) is 14.8. The number of benzene rings is 1. The summed E-state index contributed by atoms with van der Waals surface area (Å²) in [6.07, 6.45) is 5.36. The molecule has 122 valence electrons. The van der Waals surface area contributed by atoms with E-state index in [9.17, 15) is 9.18 Å². The van der Waals surface area contributed by atoms with E-state index >= 15 is 0 Å². The van der Waals surface area contributed by atoms with Crippen LogP contribution in [0.5, 0.6) is 0 Å². The minimum Gasteiger partial charge on any atom is -0.334 e. The lowest BCUT2D eigenvalue weighted by atomic mass is 10.1. The lowest BCUT2D eigenvalue weighted by molar-refractivity contribution is -0.129. The molecule has 1 fully saturated rings. The highest BCUT2D eigenvalue weighted by molar-refractivity contribution is 5.74. The number of carbonyl (C=O) groups is 1. The summed E-state index contributed by atoms with van der Waals surface area (Å²) in [6, 6.07) is 8.28. The molecule has 0 N–H and O–H groups in total. The van der Waals surface area contributed by atoms with Crippen LogP contribution in [0.3, 0.4) is 0 Å². The van der Waals surface area contributed by atoms with Crippen molar-refractivity contribution in [3.63, 3.8) is 0 Å². The molecule has 1 atom stereocenters. The maximum atomic E-state index is 13.2. The fourth-order valence-electron chi connectivity index (χ4n) is 3.48. The van der Waals surface area contributed by atoms with Gasteiger partial charge in [-0.15, -0.1) is 0 Å². The van der Waals surface area contributed by atoms with Gasteiger partial charge in [-0.3, -0.25) is 9.20 Å². The molecule has 1 aliphatic heterocycles. The highest BCUT2D eigenvalue weighted by Crippen LogP contribution is 2.34. The van der Waals surface area contributed by atoms with Gasteiger partial charge in [0, 0.05) is 25.2 Å². The fraction of sp³-hybridized carbons (Fsp3) is 0.278. The molecule has 4 rings (SSSR count). The van der Waals surface area contributed by atoms with Gasteiger partial charge in [0.1, 0.15) is 5.82 Å². The molecule has 1 aliphatic rings. The van der Waals surface area contributed by atoms with Crippen LogP contribution in [0.15, 0.2) is 42.7 Å². The molecule has 0 radical (unpaired) electrons. The SMILES string of the molecule is CC(=O)N1CCC[C@@H]1c1ccnc2ncc(-c3ccc(F)cc3)n12. The Bertz CT molecular complexity index is 903. The maximum Gasteiger partial charge on any atom is 0.234 e. The van der Waals surface area contributed by atoms with E-state index in [-0.39, 0.29) is 17.8 Å². The number of imidazole rings is 1. The van der Waals surface area contributed by atoms with Gasteiger partial charge in [0.25, 0.3) is 0 Å². The Hall–Kier alpha value is -2.76. The van der Waals surface area contributed by atoms with E-state index in [0.29, 0.717) is 5.78 Å². The first-order valence-corrected chi connectivity index (χ1v) is 8.00. The van der Waals surface area contributed by atoms with Gasteiger partial charge < -0.3 is 4.90 Å². The molecule has 1 amide bonds. The number of rotatable bonds is 2. The number of nitrogens with zero attached hydrogens (tertiary/aromatic N) is 4. The minimum atomic E-state index is -0.274. The van der Waals surface area contributed by atoms with Gasteiger partial charge in [-0.25, -0.2) is 14.4 Å². The first-order chi connectivity index (χ1) is 11.6. The lowest BCUT2D eigenvalue weighted by Gasteiger charge is -2.24. The van der Waals surface area contributed by atoms with Crippen molar-refractivity contribution >= 4 is 11.7 Å². The highest BCUT2D eigenvalue weighted by atomic mass is 19.1. The topological polar surface area (TPSA) is 50.5 Å². The third kappa shape index (κ3) is 2.35. The number of carbonyl (C=O) groups excluding carboxylic acids is 1. The summed E-state index contributed by atoms with van der Waals surface area (Å²) in [5, 5.41) is 0. The zero-order chi connectivity index (χ0) is 16.7. The van der Waals surface area contributed by atoms with Gasteiger partial charge >= 0.3 is 0 Å². The second-order valence-electron chi connectivity index (χ2n) is 6.03. The minimum absolute atomic E-state index is 0.0152. The lowest BCUT2D eigenvalue weighted by Crippen LogP contribution is -2.29. The Kier molecular flexibility index (Phi) is 3.52. The van der Waals surface area contributed by atoms with Crippen LogP contribution in [0.2, 0.25) is 0 Å². The zero-order valence-electron chi connectivity index (χ0n) is 13.3. The quantitative estimate of drug-likeness (QED) is 0.727. The van der Waals surface area contributed by atoms with Crippen LogP contribution in [0.4, 0.5) is 4.39 Å². The fourth-order valence-corrected chi connectivity index (χ4v) is 3.48. The van der Waals surface area contributed by atoms with E-state index in [4.69, 9.17) is 0 Å². The van der Waals surface area contributed by atoms with Gasteiger partial charge in [-0.05, 0) is 43.2 Å². The second-order valence-corrected chi connectivity index (χ2v) is 6.03. The van der Waals surface area contributed by atoms with Gasteiger partial charge in [0.15, 0.2) is 0 Å². The van der Waals surface area contributed by atoms with E-state index in [0.717, 1.165) is 36.3 Å². The van der Waals surface area contributed by atoms with Crippen molar-refractivity contribution in [3.8, 4) is 11.3 Å². The van der Waals surface area contributed by atoms with E-state index in [1.807, 2.05) is 15.4 Å². The van der Waals surface area contributed by atoms with E-state index in [1.165, 1.54) is 12.1 Å². The molecule has 3 heterocycles. The molecule has 0 bridgehead atoms. The van der Waals surface area contributed by atoms with E-state index in [1.54, 1.807) is 31.5 Å². The Balaban J connectivity index is 1.89. The summed E-state index contributed by atoms with van der Waals surface area (Å²) >= 11 is 0. The van der Waals surface area contributed by atoms with Crippen LogP contribution < -0.4 is 0 Å². The number of amides is 1. The van der Waals surface area contributed by atoms with Gasteiger partial charge in [0.05, 0.1) is 23.6 Å². The largest absolute Gasteiger partial charge is 0.334 e. The highest BCUT2D eigenvalue weighted by Gasteiger charge is 2.30. The Morgan fingerprint density at radius 3 is 2.75 bits per heavy atom. The van der Waals surface area contributed by atoms with Crippen molar-refractivity contribution in [2.75, 3.05) is 6.54 Å². The number of hydrogen-bond acceptors (Lipinski definition) is 3. The predicted molar refractivity (Wildman–Crippen MR) is 87.7 cm³/mol. The molecule has 1 saturated heterocycles. The third-order valence-electron chi connectivity index (χ3n) is 4.58. The third-order valence-corrected chi connectivity index (χ3v) is 4.58. The number of halogens is 1. The van der Waals surface area contributed by atoms with Crippen LogP contribution >= 0.6 is 0 Å². The van der Waals surface area contributed by atoms with Crippen molar-refractivity contribution in [1.82, 2.24) is 19.3 Å². The van der Waals surface area contributed by atoms with Crippen LogP contribution in [-0.2, 0) is 4.79 Å². The monoisotopic (exact) mass is 324 g/mol.